The summed E-state index contributed by atoms with van der Waals surface area (Å²) in [5.74, 6) is 5.27. The van der Waals surface area contributed by atoms with E-state index in [0.717, 1.165) is 0 Å². The predicted molar refractivity (Wildman–Crippen MR) is 63.5 cm³/mol. The fourth-order valence-electron chi connectivity index (χ4n) is 1.08. The second-order valence-electron chi connectivity index (χ2n) is 3.09. The second-order valence-corrected chi connectivity index (χ2v) is 3.94. The highest BCUT2D eigenvalue weighted by atomic mass is 35.5. The highest BCUT2D eigenvalue weighted by Gasteiger charge is 2.03. The lowest BCUT2D eigenvalue weighted by atomic mass is 10.3. The first-order valence-corrected chi connectivity index (χ1v) is 5.46. The summed E-state index contributed by atoms with van der Waals surface area (Å²) >= 11 is 11.6. The van der Waals surface area contributed by atoms with Gasteiger partial charge in [0, 0.05) is 11.4 Å². The molecule has 4 nitrogen and oxygen atoms in total. The lowest BCUT2D eigenvalue weighted by Gasteiger charge is -2.07. The van der Waals surface area contributed by atoms with E-state index >= 15 is 0 Å². The molecule has 0 aliphatic rings. The highest BCUT2D eigenvalue weighted by Crippen LogP contribution is 2.27. The van der Waals surface area contributed by atoms with Gasteiger partial charge in [0.15, 0.2) is 0 Å². The van der Waals surface area contributed by atoms with Gasteiger partial charge in [-0.05, 0) is 24.6 Å². The van der Waals surface area contributed by atoms with Gasteiger partial charge < -0.3 is 4.74 Å². The number of amides is 1. The number of hydrogen-bond acceptors (Lipinski definition) is 3. The minimum atomic E-state index is -0.217. The first-order chi connectivity index (χ1) is 7.63. The summed E-state index contributed by atoms with van der Waals surface area (Å²) < 4.78 is 5.38. The number of hydrazine groups is 1. The van der Waals surface area contributed by atoms with E-state index in [-0.39, 0.29) is 5.91 Å². The van der Waals surface area contributed by atoms with Gasteiger partial charge in [-0.25, -0.2) is 5.84 Å². The number of nitrogens with two attached hydrogens (primary N) is 1. The second kappa shape index (κ2) is 6.58. The smallest absolute Gasteiger partial charge is 0.234 e. The molecule has 16 heavy (non-hydrogen) atoms. The third-order valence-corrected chi connectivity index (χ3v) is 2.39. The van der Waals surface area contributed by atoms with Crippen molar-refractivity contribution in [3.05, 3.63) is 28.2 Å². The SMILES string of the molecule is NNC(=O)CCCOc1ccc(Cl)cc1Cl. The molecule has 0 spiro atoms. The molecule has 1 aromatic rings. The topological polar surface area (TPSA) is 64.3 Å². The van der Waals surface area contributed by atoms with Crippen LogP contribution in [-0.2, 0) is 4.79 Å². The van der Waals surface area contributed by atoms with E-state index in [1.54, 1.807) is 18.2 Å². The quantitative estimate of drug-likeness (QED) is 0.370. The molecule has 0 aromatic heterocycles. The lowest BCUT2D eigenvalue weighted by Crippen LogP contribution is -2.29. The highest BCUT2D eigenvalue weighted by molar-refractivity contribution is 6.35. The third-order valence-electron chi connectivity index (χ3n) is 1.86. The Kier molecular flexibility index (Phi) is 5.38. The van der Waals surface area contributed by atoms with E-state index in [9.17, 15) is 4.79 Å². The molecule has 0 heterocycles. The first kappa shape index (κ1) is 13.1. The Bertz CT molecular complexity index is 372. The Morgan fingerprint density at radius 3 is 2.81 bits per heavy atom. The lowest BCUT2D eigenvalue weighted by molar-refractivity contribution is -0.121. The van der Waals surface area contributed by atoms with E-state index in [4.69, 9.17) is 33.8 Å². The number of halogens is 2. The molecule has 6 heteroatoms. The van der Waals surface area contributed by atoms with Gasteiger partial charge in [0.1, 0.15) is 5.75 Å². The molecule has 88 valence electrons. The average molecular weight is 263 g/mol. The normalized spacial score (nSPS) is 9.94. The summed E-state index contributed by atoms with van der Waals surface area (Å²) in [6.07, 6.45) is 0.893. The Morgan fingerprint density at radius 2 is 2.19 bits per heavy atom. The third kappa shape index (κ3) is 4.26. The Hall–Kier alpha value is -0.970. The van der Waals surface area contributed by atoms with Crippen molar-refractivity contribution in [1.29, 1.82) is 0 Å². The van der Waals surface area contributed by atoms with Crippen molar-refractivity contribution in [3.63, 3.8) is 0 Å². The molecule has 0 fully saturated rings. The number of hydrogen-bond donors (Lipinski definition) is 2. The van der Waals surface area contributed by atoms with Crippen molar-refractivity contribution < 1.29 is 9.53 Å². The van der Waals surface area contributed by atoms with Crippen molar-refractivity contribution in [1.82, 2.24) is 5.43 Å². The zero-order chi connectivity index (χ0) is 12.0. The van der Waals surface area contributed by atoms with Crippen LogP contribution in [0.4, 0.5) is 0 Å². The molecule has 0 aliphatic heterocycles. The summed E-state index contributed by atoms with van der Waals surface area (Å²) in [7, 11) is 0. The van der Waals surface area contributed by atoms with Crippen LogP contribution in [-0.4, -0.2) is 12.5 Å². The fourth-order valence-corrected chi connectivity index (χ4v) is 1.54. The first-order valence-electron chi connectivity index (χ1n) is 4.71. The maximum absolute atomic E-state index is 10.8. The average Bonchev–Trinajstić information content (AvgIpc) is 2.26. The van der Waals surface area contributed by atoms with Crippen molar-refractivity contribution in [2.45, 2.75) is 12.8 Å². The number of nitrogens with one attached hydrogen (secondary N) is 1. The number of ether oxygens (including phenoxy) is 1. The van der Waals surface area contributed by atoms with E-state index in [1.807, 2.05) is 5.43 Å². The van der Waals surface area contributed by atoms with E-state index in [1.165, 1.54) is 0 Å². The van der Waals surface area contributed by atoms with Crippen LogP contribution in [0.2, 0.25) is 10.0 Å². The molecule has 0 radical (unpaired) electrons. The van der Waals surface area contributed by atoms with Gasteiger partial charge in [0.25, 0.3) is 0 Å². The van der Waals surface area contributed by atoms with Crippen LogP contribution < -0.4 is 16.0 Å². The summed E-state index contributed by atoms with van der Waals surface area (Å²) in [6.45, 7) is 0.398. The van der Waals surface area contributed by atoms with E-state index < -0.39 is 0 Å². The van der Waals surface area contributed by atoms with Gasteiger partial charge in [-0.1, -0.05) is 23.2 Å². The number of rotatable bonds is 5. The fraction of sp³-hybridized carbons (Fsp3) is 0.300. The molecule has 0 bridgehead atoms. The van der Waals surface area contributed by atoms with Crippen LogP contribution in [0.3, 0.4) is 0 Å². The van der Waals surface area contributed by atoms with Crippen molar-refractivity contribution in [2.24, 2.45) is 5.84 Å². The van der Waals surface area contributed by atoms with E-state index in [0.29, 0.717) is 35.2 Å². The Balaban J connectivity index is 2.35. The molecule has 1 amide bonds. The van der Waals surface area contributed by atoms with Gasteiger partial charge in [0.05, 0.1) is 11.6 Å². The molecule has 0 atom stereocenters. The van der Waals surface area contributed by atoms with Gasteiger partial charge >= 0.3 is 0 Å². The molecule has 0 saturated carbocycles. The van der Waals surface area contributed by atoms with Gasteiger partial charge in [-0.2, -0.15) is 0 Å². The summed E-state index contributed by atoms with van der Waals surface area (Å²) in [5, 5.41) is 1.01. The minimum Gasteiger partial charge on any atom is -0.492 e. The molecule has 0 aliphatic carbocycles. The van der Waals surface area contributed by atoms with Gasteiger partial charge in [-0.15, -0.1) is 0 Å². The summed E-state index contributed by atoms with van der Waals surface area (Å²) in [4.78, 5) is 10.8. The molecule has 1 aromatic carbocycles. The largest absolute Gasteiger partial charge is 0.492 e. The van der Waals surface area contributed by atoms with Crippen LogP contribution in [0.15, 0.2) is 18.2 Å². The predicted octanol–water partition coefficient (Wildman–Crippen LogP) is 2.14. The number of carbonyl (C=O) groups is 1. The van der Waals surface area contributed by atoms with Crippen LogP contribution in [0, 0.1) is 0 Å². The van der Waals surface area contributed by atoms with Crippen molar-refractivity contribution >= 4 is 29.1 Å². The standard InChI is InChI=1S/C10H12Cl2N2O2/c11-7-3-4-9(8(12)6-7)16-5-1-2-10(15)14-13/h3-4,6H,1-2,5,13H2,(H,14,15). The maximum Gasteiger partial charge on any atom is 0.234 e. The Labute approximate surface area is 104 Å². The van der Waals surface area contributed by atoms with Crippen molar-refractivity contribution in [2.75, 3.05) is 6.61 Å². The number of carbonyl (C=O) groups excluding carboxylic acids is 1. The summed E-state index contributed by atoms with van der Waals surface area (Å²) in [5.41, 5.74) is 2.04. The van der Waals surface area contributed by atoms with Crippen LogP contribution >= 0.6 is 23.2 Å². The Morgan fingerprint density at radius 1 is 1.44 bits per heavy atom. The minimum absolute atomic E-state index is 0.217. The molecular weight excluding hydrogens is 251 g/mol. The van der Waals surface area contributed by atoms with E-state index in [2.05, 4.69) is 0 Å². The van der Waals surface area contributed by atoms with Crippen LogP contribution in [0.5, 0.6) is 5.75 Å². The zero-order valence-electron chi connectivity index (χ0n) is 8.50. The number of benzene rings is 1. The van der Waals surface area contributed by atoms with Crippen LogP contribution in [0.1, 0.15) is 12.8 Å². The van der Waals surface area contributed by atoms with Crippen LogP contribution in [0.25, 0.3) is 0 Å². The monoisotopic (exact) mass is 262 g/mol. The molecule has 0 unspecified atom stereocenters. The molecule has 1 rings (SSSR count). The molecular formula is C10H12Cl2N2O2. The summed E-state index contributed by atoms with van der Waals surface area (Å²) in [6, 6.07) is 4.98. The van der Waals surface area contributed by atoms with Crippen molar-refractivity contribution in [3.8, 4) is 5.75 Å². The van der Waals surface area contributed by atoms with Gasteiger partial charge in [0.2, 0.25) is 5.91 Å². The zero-order valence-corrected chi connectivity index (χ0v) is 10.0. The maximum atomic E-state index is 10.8. The molecule has 0 saturated heterocycles. The van der Waals surface area contributed by atoms with Gasteiger partial charge in [-0.3, -0.25) is 10.2 Å². The molecule has 3 N–H and O–H groups in total.